The minimum absolute atomic E-state index is 0.0240. The van der Waals surface area contributed by atoms with Crippen LogP contribution in [0.3, 0.4) is 0 Å². The molecule has 176 valence electrons. The summed E-state index contributed by atoms with van der Waals surface area (Å²) in [6.45, 7) is 1.93. The van der Waals surface area contributed by atoms with Crippen molar-refractivity contribution in [2.75, 3.05) is 31.1 Å². The van der Waals surface area contributed by atoms with E-state index in [-0.39, 0.29) is 30.7 Å². The number of amides is 1. The predicted molar refractivity (Wildman–Crippen MR) is 124 cm³/mol. The van der Waals surface area contributed by atoms with Gasteiger partial charge in [0.15, 0.2) is 11.0 Å². The minimum atomic E-state index is -0.905. The van der Waals surface area contributed by atoms with Gasteiger partial charge >= 0.3 is 5.97 Å². The minimum Gasteiger partial charge on any atom is -0.491 e. The molecule has 1 aromatic heterocycles. The number of carbonyl (C=O) groups is 2. The molecular formula is C22H27ClN6O4. The van der Waals surface area contributed by atoms with Crippen molar-refractivity contribution < 1.29 is 19.4 Å². The number of benzene rings is 1. The molecular weight excluding hydrogens is 448 g/mol. The summed E-state index contributed by atoms with van der Waals surface area (Å²) in [7, 11) is 0. The largest absolute Gasteiger partial charge is 0.491 e. The molecule has 33 heavy (non-hydrogen) atoms. The number of hydrogen-bond acceptors (Lipinski definition) is 7. The lowest BCUT2D eigenvalue weighted by molar-refractivity contribution is -0.137. The summed E-state index contributed by atoms with van der Waals surface area (Å²) in [4.78, 5) is 25.5. The van der Waals surface area contributed by atoms with Gasteiger partial charge in [-0.05, 0) is 43.0 Å². The first-order valence-corrected chi connectivity index (χ1v) is 11.0. The van der Waals surface area contributed by atoms with E-state index in [1.807, 2.05) is 6.07 Å². The van der Waals surface area contributed by atoms with Crippen molar-refractivity contribution in [1.29, 1.82) is 5.41 Å². The Hall–Kier alpha value is -3.40. The highest BCUT2D eigenvalue weighted by atomic mass is 35.5. The summed E-state index contributed by atoms with van der Waals surface area (Å²) in [6, 6.07) is 8.51. The fourth-order valence-electron chi connectivity index (χ4n) is 3.63. The van der Waals surface area contributed by atoms with Gasteiger partial charge in [-0.3, -0.25) is 15.0 Å². The van der Waals surface area contributed by atoms with E-state index < -0.39 is 5.97 Å². The third kappa shape index (κ3) is 7.04. The molecule has 1 aromatic carbocycles. The van der Waals surface area contributed by atoms with Crippen LogP contribution in [0.1, 0.15) is 30.4 Å². The Bertz CT molecular complexity index is 993. The molecule has 3 rings (SSSR count). The molecule has 1 aliphatic heterocycles. The summed E-state index contributed by atoms with van der Waals surface area (Å²) in [5.74, 6) is 0.0957. The molecule has 2 heterocycles. The number of aryl methyl sites for hydroxylation is 1. The molecule has 2 aromatic rings. The number of carboxylic acids is 1. The molecule has 1 saturated heterocycles. The van der Waals surface area contributed by atoms with Crippen LogP contribution in [-0.4, -0.2) is 59.3 Å². The summed E-state index contributed by atoms with van der Waals surface area (Å²) in [5, 5.41) is 27.7. The number of carboxylic acid groups (broad SMARTS) is 1. The highest BCUT2D eigenvalue weighted by molar-refractivity contribution is 6.29. The Morgan fingerprint density at radius 2 is 2.00 bits per heavy atom. The number of carbonyl (C=O) groups excluding carboxylic acids is 1. The lowest BCUT2D eigenvalue weighted by atomic mass is 9.96. The number of hydrogen-bond donors (Lipinski definition) is 4. The van der Waals surface area contributed by atoms with Gasteiger partial charge in [-0.2, -0.15) is 0 Å². The van der Waals surface area contributed by atoms with E-state index in [1.165, 1.54) is 0 Å². The van der Waals surface area contributed by atoms with Crippen molar-refractivity contribution in [3.8, 4) is 5.75 Å². The standard InChI is InChI=1S/C22H27ClN6O4/c23-18-4-5-19(28-27-18)29-10-7-15(8-11-29)22(32)26-9-12-33-17-13-16(21(24)25)2-1-14(17)3-6-20(30)31/h1-2,4-5,13,15H,3,6-12H2,(H3,24,25)(H,26,32)(H,30,31). The SMILES string of the molecule is N=C(N)c1ccc(CCC(=O)O)c(OCCNC(=O)C2CCN(c3ccc(Cl)nn3)CC2)c1. The number of nitrogens with two attached hydrogens (primary N) is 1. The number of halogens is 1. The summed E-state index contributed by atoms with van der Waals surface area (Å²) < 4.78 is 5.79. The summed E-state index contributed by atoms with van der Waals surface area (Å²) in [5.41, 5.74) is 6.75. The molecule has 5 N–H and O–H groups in total. The van der Waals surface area contributed by atoms with Crippen LogP contribution >= 0.6 is 11.6 Å². The van der Waals surface area contributed by atoms with E-state index in [9.17, 15) is 9.59 Å². The van der Waals surface area contributed by atoms with E-state index in [0.717, 1.165) is 5.82 Å². The van der Waals surface area contributed by atoms with Crippen LogP contribution in [0, 0.1) is 11.3 Å². The van der Waals surface area contributed by atoms with Crippen LogP contribution in [0.2, 0.25) is 5.15 Å². The average molecular weight is 475 g/mol. The number of rotatable bonds is 10. The fraction of sp³-hybridized carbons (Fsp3) is 0.409. The van der Waals surface area contributed by atoms with Gasteiger partial charge in [0, 0.05) is 31.0 Å². The van der Waals surface area contributed by atoms with Gasteiger partial charge in [0.25, 0.3) is 0 Å². The maximum absolute atomic E-state index is 12.5. The normalized spacial score (nSPS) is 14.0. The number of aliphatic carboxylic acids is 1. The lowest BCUT2D eigenvalue weighted by Crippen LogP contribution is -2.41. The average Bonchev–Trinajstić information content (AvgIpc) is 2.81. The molecule has 0 unspecified atom stereocenters. The molecule has 1 aliphatic rings. The predicted octanol–water partition coefficient (Wildman–Crippen LogP) is 1.84. The van der Waals surface area contributed by atoms with E-state index in [0.29, 0.717) is 60.9 Å². The first-order valence-electron chi connectivity index (χ1n) is 10.7. The van der Waals surface area contributed by atoms with Gasteiger partial charge < -0.3 is 25.8 Å². The third-order valence-corrected chi connectivity index (χ3v) is 5.65. The van der Waals surface area contributed by atoms with E-state index >= 15 is 0 Å². The molecule has 0 aliphatic carbocycles. The Morgan fingerprint density at radius 3 is 2.64 bits per heavy atom. The fourth-order valence-corrected chi connectivity index (χ4v) is 3.73. The van der Waals surface area contributed by atoms with Crippen molar-refractivity contribution >= 4 is 35.1 Å². The first kappa shape index (κ1) is 24.2. The summed E-state index contributed by atoms with van der Waals surface area (Å²) in [6.07, 6.45) is 1.67. The van der Waals surface area contributed by atoms with Crippen LogP contribution in [-0.2, 0) is 16.0 Å². The second-order valence-electron chi connectivity index (χ2n) is 7.74. The highest BCUT2D eigenvalue weighted by Gasteiger charge is 2.25. The molecule has 0 atom stereocenters. The molecule has 11 heteroatoms. The highest BCUT2D eigenvalue weighted by Crippen LogP contribution is 2.23. The molecule has 1 fully saturated rings. The van der Waals surface area contributed by atoms with Gasteiger partial charge in [0.2, 0.25) is 5.91 Å². The lowest BCUT2D eigenvalue weighted by Gasteiger charge is -2.31. The van der Waals surface area contributed by atoms with E-state index in [1.54, 1.807) is 24.3 Å². The second kappa shape index (κ2) is 11.5. The van der Waals surface area contributed by atoms with Crippen LogP contribution in [0.25, 0.3) is 0 Å². The number of nitrogens with zero attached hydrogens (tertiary/aromatic N) is 3. The number of amidine groups is 1. The van der Waals surface area contributed by atoms with Gasteiger partial charge in [-0.1, -0.05) is 23.7 Å². The number of nitrogens with one attached hydrogen (secondary N) is 2. The third-order valence-electron chi connectivity index (χ3n) is 5.45. The van der Waals surface area contributed by atoms with E-state index in [4.69, 9.17) is 32.6 Å². The smallest absolute Gasteiger partial charge is 0.303 e. The van der Waals surface area contributed by atoms with Crippen molar-refractivity contribution in [3.63, 3.8) is 0 Å². The zero-order valence-corrected chi connectivity index (χ0v) is 18.8. The van der Waals surface area contributed by atoms with Crippen molar-refractivity contribution in [2.24, 2.45) is 11.7 Å². The Kier molecular flexibility index (Phi) is 8.42. The first-order chi connectivity index (χ1) is 15.8. The van der Waals surface area contributed by atoms with Crippen LogP contribution in [0.15, 0.2) is 30.3 Å². The Labute approximate surface area is 196 Å². The molecule has 0 bridgehead atoms. The van der Waals surface area contributed by atoms with Crippen molar-refractivity contribution in [2.45, 2.75) is 25.7 Å². The zero-order valence-electron chi connectivity index (χ0n) is 18.1. The van der Waals surface area contributed by atoms with Gasteiger partial charge in [-0.25, -0.2) is 0 Å². The quantitative estimate of drug-likeness (QED) is 0.231. The number of ether oxygens (including phenoxy) is 1. The number of anilines is 1. The number of nitrogen functional groups attached to an aromatic ring is 1. The van der Waals surface area contributed by atoms with Crippen LogP contribution < -0.4 is 20.7 Å². The topological polar surface area (TPSA) is 155 Å². The van der Waals surface area contributed by atoms with E-state index in [2.05, 4.69) is 20.4 Å². The Balaban J connectivity index is 1.46. The Morgan fingerprint density at radius 1 is 1.24 bits per heavy atom. The molecule has 1 amide bonds. The van der Waals surface area contributed by atoms with Crippen molar-refractivity contribution in [1.82, 2.24) is 15.5 Å². The van der Waals surface area contributed by atoms with Crippen molar-refractivity contribution in [3.05, 3.63) is 46.6 Å². The van der Waals surface area contributed by atoms with Gasteiger partial charge in [0.05, 0.1) is 6.54 Å². The zero-order chi connectivity index (χ0) is 23.8. The molecule has 10 nitrogen and oxygen atoms in total. The molecule has 0 saturated carbocycles. The van der Waals surface area contributed by atoms with Gasteiger partial charge in [0.1, 0.15) is 18.2 Å². The molecule has 0 spiro atoms. The van der Waals surface area contributed by atoms with Crippen LogP contribution in [0.4, 0.5) is 5.82 Å². The van der Waals surface area contributed by atoms with Gasteiger partial charge in [-0.15, -0.1) is 10.2 Å². The number of piperidine rings is 1. The second-order valence-corrected chi connectivity index (χ2v) is 8.13. The molecule has 0 radical (unpaired) electrons. The maximum atomic E-state index is 12.5. The number of aromatic nitrogens is 2. The monoisotopic (exact) mass is 474 g/mol. The summed E-state index contributed by atoms with van der Waals surface area (Å²) >= 11 is 5.78. The van der Waals surface area contributed by atoms with Crippen LogP contribution in [0.5, 0.6) is 5.75 Å². The maximum Gasteiger partial charge on any atom is 0.303 e.